The molecule has 1 saturated carbocycles. The van der Waals surface area contributed by atoms with E-state index in [0.29, 0.717) is 21.8 Å². The lowest BCUT2D eigenvalue weighted by molar-refractivity contribution is -0.143. The second-order valence-electron chi connectivity index (χ2n) is 6.54. The van der Waals surface area contributed by atoms with E-state index in [1.807, 2.05) is 11.8 Å². The molecule has 1 fully saturated rings. The summed E-state index contributed by atoms with van der Waals surface area (Å²) in [5.41, 5.74) is 0.305. The molecule has 1 N–H and O–H groups in total. The Balaban J connectivity index is 2.73. The van der Waals surface area contributed by atoms with Crippen molar-refractivity contribution >= 4 is 17.7 Å². The summed E-state index contributed by atoms with van der Waals surface area (Å²) in [4.78, 5) is 11.3. The van der Waals surface area contributed by atoms with Crippen LogP contribution < -0.4 is 0 Å². The van der Waals surface area contributed by atoms with Gasteiger partial charge in [0, 0.05) is 5.25 Å². The molecule has 3 atom stereocenters. The third kappa shape index (κ3) is 4.20. The van der Waals surface area contributed by atoms with E-state index in [1.54, 1.807) is 0 Å². The molecule has 0 aromatic carbocycles. The number of hydrogen-bond donors (Lipinski definition) is 1. The number of hydrogen-bond acceptors (Lipinski definition) is 2. The van der Waals surface area contributed by atoms with Crippen LogP contribution in [0.2, 0.25) is 0 Å². The van der Waals surface area contributed by atoms with Crippen LogP contribution in [-0.2, 0) is 4.79 Å². The first-order valence-electron chi connectivity index (χ1n) is 6.60. The molecule has 1 rings (SSSR count). The Hall–Kier alpha value is -0.180. The minimum absolute atomic E-state index is 0.138. The van der Waals surface area contributed by atoms with Crippen LogP contribution in [0.4, 0.5) is 0 Å². The van der Waals surface area contributed by atoms with Crippen LogP contribution in [-0.4, -0.2) is 21.6 Å². The molecule has 0 aliphatic heterocycles. The first kappa shape index (κ1) is 14.9. The average molecular weight is 258 g/mol. The molecule has 0 heterocycles. The number of aliphatic carboxylic acids is 1. The van der Waals surface area contributed by atoms with Gasteiger partial charge in [-0.25, -0.2) is 0 Å². The smallest absolute Gasteiger partial charge is 0.307 e. The van der Waals surface area contributed by atoms with Crippen LogP contribution in [0.1, 0.15) is 53.9 Å². The van der Waals surface area contributed by atoms with E-state index in [2.05, 4.69) is 34.6 Å². The Kier molecular flexibility index (Phi) is 4.94. The minimum Gasteiger partial charge on any atom is -0.481 e. The topological polar surface area (TPSA) is 37.3 Å². The number of carboxylic acids is 1. The lowest BCUT2D eigenvalue weighted by Gasteiger charge is -2.40. The molecule has 0 aromatic rings. The number of thioether (sulfide) groups is 1. The van der Waals surface area contributed by atoms with Crippen molar-refractivity contribution < 1.29 is 9.90 Å². The van der Waals surface area contributed by atoms with Gasteiger partial charge in [0.15, 0.2) is 0 Å². The lowest BCUT2D eigenvalue weighted by Crippen LogP contribution is -2.37. The molecule has 2 nitrogen and oxygen atoms in total. The van der Waals surface area contributed by atoms with Gasteiger partial charge < -0.3 is 5.11 Å². The van der Waals surface area contributed by atoms with Crippen molar-refractivity contribution in [3.63, 3.8) is 0 Å². The fourth-order valence-electron chi connectivity index (χ4n) is 2.70. The van der Waals surface area contributed by atoms with Gasteiger partial charge in [-0.3, -0.25) is 4.79 Å². The molecule has 1 aliphatic carbocycles. The van der Waals surface area contributed by atoms with Crippen molar-refractivity contribution in [1.82, 2.24) is 0 Å². The van der Waals surface area contributed by atoms with Crippen molar-refractivity contribution in [3.05, 3.63) is 0 Å². The maximum atomic E-state index is 11.3. The maximum absolute atomic E-state index is 11.3. The molecule has 0 aromatic heterocycles. The highest BCUT2D eigenvalue weighted by Gasteiger charge is 2.39. The van der Waals surface area contributed by atoms with Gasteiger partial charge in [-0.05, 0) is 35.8 Å². The van der Waals surface area contributed by atoms with Crippen LogP contribution in [0, 0.1) is 17.3 Å². The first-order valence-corrected chi connectivity index (χ1v) is 7.54. The Morgan fingerprint density at radius 3 is 2.29 bits per heavy atom. The zero-order valence-corrected chi connectivity index (χ0v) is 12.5. The summed E-state index contributed by atoms with van der Waals surface area (Å²) >= 11 is 1.85. The highest BCUT2D eigenvalue weighted by atomic mass is 32.2. The maximum Gasteiger partial charge on any atom is 0.307 e. The fraction of sp³-hybridized carbons (Fsp3) is 0.929. The molecular formula is C14H26O2S. The van der Waals surface area contributed by atoms with Gasteiger partial charge in [0.05, 0.1) is 5.92 Å². The molecule has 3 heteroatoms. The minimum atomic E-state index is -0.601. The van der Waals surface area contributed by atoms with E-state index in [4.69, 9.17) is 0 Å². The zero-order valence-electron chi connectivity index (χ0n) is 11.7. The Labute approximate surface area is 110 Å². The van der Waals surface area contributed by atoms with E-state index in [-0.39, 0.29) is 5.92 Å². The van der Waals surface area contributed by atoms with E-state index < -0.39 is 5.97 Å². The molecule has 0 spiro atoms. The van der Waals surface area contributed by atoms with Crippen LogP contribution in [0.25, 0.3) is 0 Å². The summed E-state index contributed by atoms with van der Waals surface area (Å²) in [5.74, 6) is -0.0779. The molecule has 0 bridgehead atoms. The summed E-state index contributed by atoms with van der Waals surface area (Å²) in [6.45, 7) is 11.1. The third-order valence-corrected chi connectivity index (χ3v) is 5.20. The molecular weight excluding hydrogens is 232 g/mol. The summed E-state index contributed by atoms with van der Waals surface area (Å²) in [6.07, 6.45) is 2.97. The quantitative estimate of drug-likeness (QED) is 0.830. The monoisotopic (exact) mass is 258 g/mol. The highest BCUT2D eigenvalue weighted by Crippen LogP contribution is 2.44. The molecule has 0 radical (unpaired) electrons. The van der Waals surface area contributed by atoms with E-state index >= 15 is 0 Å². The van der Waals surface area contributed by atoms with Crippen molar-refractivity contribution in [2.45, 2.75) is 64.4 Å². The van der Waals surface area contributed by atoms with Crippen LogP contribution in [0.15, 0.2) is 0 Å². The molecule has 1 aliphatic rings. The summed E-state index contributed by atoms with van der Waals surface area (Å²) in [5, 5.41) is 10.1. The lowest BCUT2D eigenvalue weighted by atomic mass is 9.69. The van der Waals surface area contributed by atoms with Gasteiger partial charge in [-0.2, -0.15) is 11.8 Å². The largest absolute Gasteiger partial charge is 0.481 e. The number of rotatable bonds is 3. The molecule has 0 saturated heterocycles. The van der Waals surface area contributed by atoms with E-state index in [1.165, 1.54) is 0 Å². The number of carboxylic acid groups (broad SMARTS) is 1. The second kappa shape index (κ2) is 5.64. The van der Waals surface area contributed by atoms with E-state index in [9.17, 15) is 9.90 Å². The zero-order chi connectivity index (χ0) is 13.2. The van der Waals surface area contributed by atoms with Gasteiger partial charge >= 0.3 is 5.97 Å². The van der Waals surface area contributed by atoms with Gasteiger partial charge in [0.1, 0.15) is 0 Å². The van der Waals surface area contributed by atoms with Crippen molar-refractivity contribution in [2.75, 3.05) is 0 Å². The van der Waals surface area contributed by atoms with Gasteiger partial charge in [-0.15, -0.1) is 0 Å². The SMILES string of the molecule is CC(C)SC1CC(C(C)(C)C)CCC1C(=O)O. The molecule has 3 unspecified atom stereocenters. The summed E-state index contributed by atoms with van der Waals surface area (Å²) in [6, 6.07) is 0. The molecule has 17 heavy (non-hydrogen) atoms. The number of carbonyl (C=O) groups is 1. The van der Waals surface area contributed by atoms with E-state index in [0.717, 1.165) is 19.3 Å². The average Bonchev–Trinajstić information content (AvgIpc) is 2.14. The predicted molar refractivity (Wildman–Crippen MR) is 74.4 cm³/mol. The summed E-state index contributed by atoms with van der Waals surface area (Å²) < 4.78 is 0. The van der Waals surface area contributed by atoms with Crippen molar-refractivity contribution in [2.24, 2.45) is 17.3 Å². The molecule has 0 amide bonds. The van der Waals surface area contributed by atoms with Gasteiger partial charge in [0.25, 0.3) is 0 Å². The second-order valence-corrected chi connectivity index (χ2v) is 8.36. The first-order chi connectivity index (χ1) is 7.71. The third-order valence-electron chi connectivity index (χ3n) is 3.78. The Bertz CT molecular complexity index is 268. The fourth-order valence-corrected chi connectivity index (χ4v) is 4.18. The highest BCUT2D eigenvalue weighted by molar-refractivity contribution is 8.00. The molecule has 100 valence electrons. The van der Waals surface area contributed by atoms with Crippen LogP contribution >= 0.6 is 11.8 Å². The van der Waals surface area contributed by atoms with Crippen LogP contribution in [0.5, 0.6) is 0 Å². The standard InChI is InChI=1S/C14H26O2S/c1-9(2)17-12-8-10(14(3,4)5)6-7-11(12)13(15)16/h9-12H,6-8H2,1-5H3,(H,15,16). The van der Waals surface area contributed by atoms with Crippen molar-refractivity contribution in [1.29, 1.82) is 0 Å². The Morgan fingerprint density at radius 2 is 1.88 bits per heavy atom. The van der Waals surface area contributed by atoms with Gasteiger partial charge in [-0.1, -0.05) is 34.6 Å². The van der Waals surface area contributed by atoms with Crippen LogP contribution in [0.3, 0.4) is 0 Å². The van der Waals surface area contributed by atoms with Crippen molar-refractivity contribution in [3.8, 4) is 0 Å². The van der Waals surface area contributed by atoms with Gasteiger partial charge in [0.2, 0.25) is 0 Å². The summed E-state index contributed by atoms with van der Waals surface area (Å²) in [7, 11) is 0. The predicted octanol–water partition coefficient (Wildman–Crippen LogP) is 4.04. The Morgan fingerprint density at radius 1 is 1.29 bits per heavy atom. The normalized spacial score (nSPS) is 30.6.